The van der Waals surface area contributed by atoms with E-state index >= 15 is 0 Å². The molecule has 0 atom stereocenters. The normalized spacial score (nSPS) is 10.7. The number of aromatic nitrogens is 3. The number of nitrogens with zero attached hydrogens (tertiary/aromatic N) is 3. The van der Waals surface area contributed by atoms with E-state index in [0.717, 1.165) is 26.5 Å². The Bertz CT molecular complexity index is 685. The summed E-state index contributed by atoms with van der Waals surface area (Å²) in [7, 11) is 0. The fourth-order valence-corrected chi connectivity index (χ4v) is 2.56. The van der Waals surface area contributed by atoms with E-state index in [1.165, 1.54) is 11.8 Å². The van der Waals surface area contributed by atoms with E-state index in [-0.39, 0.29) is 0 Å². The summed E-state index contributed by atoms with van der Waals surface area (Å²) >= 11 is 1.52. The molecular weight excluding hydrogens is 244 g/mol. The van der Waals surface area contributed by atoms with Gasteiger partial charge in [0.05, 0.1) is 0 Å². The summed E-state index contributed by atoms with van der Waals surface area (Å²) in [5, 5.41) is 2.75. The maximum atomic E-state index is 5.94. The molecule has 0 fully saturated rings. The molecule has 4 nitrogen and oxygen atoms in total. The molecule has 3 aromatic rings. The lowest BCUT2D eigenvalue weighted by molar-refractivity contribution is 0.967. The lowest BCUT2D eigenvalue weighted by Crippen LogP contribution is -1.90. The van der Waals surface area contributed by atoms with Crippen LogP contribution in [0.4, 0.5) is 5.69 Å². The van der Waals surface area contributed by atoms with Crippen LogP contribution in [-0.4, -0.2) is 15.0 Å². The molecule has 18 heavy (non-hydrogen) atoms. The number of anilines is 1. The molecule has 2 aromatic heterocycles. The molecule has 3 rings (SSSR count). The molecular formula is C13H10N4S. The van der Waals surface area contributed by atoms with Gasteiger partial charge in [0, 0.05) is 46.1 Å². The van der Waals surface area contributed by atoms with Crippen molar-refractivity contribution in [2.24, 2.45) is 0 Å². The zero-order valence-corrected chi connectivity index (χ0v) is 10.3. The Hall–Kier alpha value is -2.14. The van der Waals surface area contributed by atoms with Crippen molar-refractivity contribution < 1.29 is 0 Å². The SMILES string of the molecule is Nc1ccc(Sc2ncccn2)c2ccncc12. The lowest BCUT2D eigenvalue weighted by Gasteiger charge is -2.06. The van der Waals surface area contributed by atoms with Gasteiger partial charge in [-0.25, -0.2) is 9.97 Å². The standard InChI is InChI=1S/C13H10N4S/c14-11-2-3-12(9-4-7-15-8-10(9)11)18-13-16-5-1-6-17-13/h1-8H,14H2. The van der Waals surface area contributed by atoms with Gasteiger partial charge in [0.15, 0.2) is 5.16 Å². The maximum absolute atomic E-state index is 5.94. The fraction of sp³-hybridized carbons (Fsp3) is 0. The first kappa shape index (κ1) is 11.0. The molecule has 2 N–H and O–H groups in total. The third kappa shape index (κ3) is 2.00. The zero-order chi connectivity index (χ0) is 12.4. The first-order valence-electron chi connectivity index (χ1n) is 5.41. The van der Waals surface area contributed by atoms with Crippen LogP contribution in [0.5, 0.6) is 0 Å². The molecule has 0 aliphatic carbocycles. The van der Waals surface area contributed by atoms with E-state index in [1.54, 1.807) is 30.9 Å². The fourth-order valence-electron chi connectivity index (χ4n) is 1.71. The van der Waals surface area contributed by atoms with E-state index in [0.29, 0.717) is 0 Å². The van der Waals surface area contributed by atoms with Crippen LogP contribution in [-0.2, 0) is 0 Å². The molecule has 5 heteroatoms. The van der Waals surface area contributed by atoms with Gasteiger partial charge in [0.1, 0.15) is 0 Å². The summed E-state index contributed by atoms with van der Waals surface area (Å²) in [6, 6.07) is 7.63. The topological polar surface area (TPSA) is 64.7 Å². The van der Waals surface area contributed by atoms with Crippen molar-refractivity contribution in [2.75, 3.05) is 5.73 Å². The minimum atomic E-state index is 0.723. The average Bonchev–Trinajstić information content (AvgIpc) is 2.44. The van der Waals surface area contributed by atoms with Crippen LogP contribution in [0.15, 0.2) is 59.1 Å². The highest BCUT2D eigenvalue weighted by Crippen LogP contribution is 2.33. The molecule has 0 radical (unpaired) electrons. The van der Waals surface area contributed by atoms with Crippen LogP contribution in [0.2, 0.25) is 0 Å². The number of fused-ring (bicyclic) bond motifs is 1. The van der Waals surface area contributed by atoms with Crippen LogP contribution in [0, 0.1) is 0 Å². The van der Waals surface area contributed by atoms with Gasteiger partial charge in [-0.15, -0.1) is 0 Å². The quantitative estimate of drug-likeness (QED) is 0.562. The van der Waals surface area contributed by atoms with Crippen LogP contribution >= 0.6 is 11.8 Å². The van der Waals surface area contributed by atoms with E-state index in [4.69, 9.17) is 5.73 Å². The van der Waals surface area contributed by atoms with Gasteiger partial charge >= 0.3 is 0 Å². The Morgan fingerprint density at radius 2 is 1.78 bits per heavy atom. The first-order chi connectivity index (χ1) is 8.84. The molecule has 1 aromatic carbocycles. The molecule has 0 spiro atoms. The largest absolute Gasteiger partial charge is 0.398 e. The Balaban J connectivity index is 2.10. The summed E-state index contributed by atoms with van der Waals surface area (Å²) in [5.41, 5.74) is 6.67. The first-order valence-corrected chi connectivity index (χ1v) is 6.23. The monoisotopic (exact) mass is 254 g/mol. The summed E-state index contributed by atoms with van der Waals surface area (Å²) < 4.78 is 0. The Labute approximate surface area is 108 Å². The van der Waals surface area contributed by atoms with Gasteiger partial charge in [-0.05, 0) is 36.0 Å². The summed E-state index contributed by atoms with van der Waals surface area (Å²) in [4.78, 5) is 13.6. The highest BCUT2D eigenvalue weighted by Gasteiger charge is 2.06. The lowest BCUT2D eigenvalue weighted by atomic mass is 10.1. The number of pyridine rings is 1. The van der Waals surface area contributed by atoms with Crippen molar-refractivity contribution in [1.29, 1.82) is 0 Å². The smallest absolute Gasteiger partial charge is 0.192 e. The molecule has 0 bridgehead atoms. The molecule has 0 saturated heterocycles. The van der Waals surface area contributed by atoms with Crippen molar-refractivity contribution in [3.63, 3.8) is 0 Å². The molecule has 0 aliphatic heterocycles. The van der Waals surface area contributed by atoms with Crippen molar-refractivity contribution in [1.82, 2.24) is 15.0 Å². The average molecular weight is 254 g/mol. The Morgan fingerprint density at radius 1 is 0.944 bits per heavy atom. The number of nitrogens with two attached hydrogens (primary N) is 1. The molecule has 88 valence electrons. The number of hydrogen-bond acceptors (Lipinski definition) is 5. The second-order valence-electron chi connectivity index (χ2n) is 3.71. The van der Waals surface area contributed by atoms with Gasteiger partial charge in [-0.3, -0.25) is 4.98 Å². The molecule has 0 unspecified atom stereocenters. The number of benzene rings is 1. The summed E-state index contributed by atoms with van der Waals surface area (Å²) in [5.74, 6) is 0. The highest BCUT2D eigenvalue weighted by atomic mass is 32.2. The van der Waals surface area contributed by atoms with E-state index in [1.807, 2.05) is 18.2 Å². The van der Waals surface area contributed by atoms with Crippen LogP contribution in [0.25, 0.3) is 10.8 Å². The maximum Gasteiger partial charge on any atom is 0.192 e. The highest BCUT2D eigenvalue weighted by molar-refractivity contribution is 7.99. The van der Waals surface area contributed by atoms with Gasteiger partial charge in [-0.1, -0.05) is 0 Å². The van der Waals surface area contributed by atoms with Gasteiger partial charge < -0.3 is 5.73 Å². The minimum Gasteiger partial charge on any atom is -0.398 e. The van der Waals surface area contributed by atoms with E-state index < -0.39 is 0 Å². The van der Waals surface area contributed by atoms with Gasteiger partial charge in [0.25, 0.3) is 0 Å². The zero-order valence-electron chi connectivity index (χ0n) is 9.45. The number of nitrogen functional groups attached to an aromatic ring is 1. The number of hydrogen-bond donors (Lipinski definition) is 1. The molecule has 0 saturated carbocycles. The van der Waals surface area contributed by atoms with Crippen molar-refractivity contribution in [2.45, 2.75) is 10.1 Å². The van der Waals surface area contributed by atoms with E-state index in [2.05, 4.69) is 15.0 Å². The van der Waals surface area contributed by atoms with Gasteiger partial charge in [0.2, 0.25) is 0 Å². The van der Waals surface area contributed by atoms with Crippen molar-refractivity contribution in [3.05, 3.63) is 49.1 Å². The Morgan fingerprint density at radius 3 is 2.61 bits per heavy atom. The third-order valence-corrected chi connectivity index (χ3v) is 3.52. The molecule has 2 heterocycles. The Kier molecular flexibility index (Phi) is 2.82. The third-order valence-electron chi connectivity index (χ3n) is 2.56. The second-order valence-corrected chi connectivity index (χ2v) is 4.72. The minimum absolute atomic E-state index is 0.723. The summed E-state index contributed by atoms with van der Waals surface area (Å²) in [6.07, 6.45) is 7.00. The van der Waals surface area contributed by atoms with Crippen molar-refractivity contribution >= 4 is 28.2 Å². The van der Waals surface area contributed by atoms with E-state index in [9.17, 15) is 0 Å². The van der Waals surface area contributed by atoms with Crippen LogP contribution in [0.3, 0.4) is 0 Å². The molecule has 0 aliphatic rings. The van der Waals surface area contributed by atoms with Crippen molar-refractivity contribution in [3.8, 4) is 0 Å². The van der Waals surface area contributed by atoms with Gasteiger partial charge in [-0.2, -0.15) is 0 Å². The summed E-state index contributed by atoms with van der Waals surface area (Å²) in [6.45, 7) is 0. The molecule has 0 amide bonds. The van der Waals surface area contributed by atoms with Crippen LogP contribution in [0.1, 0.15) is 0 Å². The number of rotatable bonds is 2. The predicted molar refractivity (Wildman–Crippen MR) is 72.3 cm³/mol. The van der Waals surface area contributed by atoms with Crippen LogP contribution < -0.4 is 5.73 Å². The predicted octanol–water partition coefficient (Wildman–Crippen LogP) is 2.76. The second kappa shape index (κ2) is 4.62.